The van der Waals surface area contributed by atoms with Gasteiger partial charge in [0, 0.05) is 17.3 Å². The van der Waals surface area contributed by atoms with E-state index in [1.54, 1.807) is 0 Å². The Labute approximate surface area is 226 Å². The van der Waals surface area contributed by atoms with Gasteiger partial charge in [-0.15, -0.1) is 12.6 Å². The second kappa shape index (κ2) is 15.2. The number of hydrogen-bond donors (Lipinski definition) is 3. The number of carbonyl (C=O) groups is 1. The molecular weight excluding hydrogens is 482 g/mol. The predicted octanol–water partition coefficient (Wildman–Crippen LogP) is 6.39. The van der Waals surface area contributed by atoms with Crippen molar-refractivity contribution in [3.63, 3.8) is 0 Å². The Hall–Kier alpha value is -3.19. The van der Waals surface area contributed by atoms with Gasteiger partial charge in [-0.05, 0) is 18.1 Å². The number of thiol groups is 1. The monoisotopic (exact) mass is 521 g/mol. The third kappa shape index (κ3) is 7.89. The third-order valence-electron chi connectivity index (χ3n) is 6.51. The van der Waals surface area contributed by atoms with Crippen LogP contribution in [0.4, 0.5) is 0 Å². The molecule has 1 heterocycles. The number of amidine groups is 1. The number of esters is 1. The van der Waals surface area contributed by atoms with Crippen molar-refractivity contribution < 1.29 is 14.3 Å². The lowest BCUT2D eigenvalue weighted by Gasteiger charge is -2.29. The average molecular weight is 522 g/mol. The summed E-state index contributed by atoms with van der Waals surface area (Å²) in [5, 5.41) is 0. The molecule has 1 unspecified atom stereocenters. The van der Waals surface area contributed by atoms with Gasteiger partial charge in [0.2, 0.25) is 0 Å². The van der Waals surface area contributed by atoms with E-state index >= 15 is 0 Å². The highest BCUT2D eigenvalue weighted by molar-refractivity contribution is 7.80. The first-order valence-corrected chi connectivity index (χ1v) is 13.8. The molecule has 4 N–H and O–H groups in total. The molecule has 2 aliphatic rings. The van der Waals surface area contributed by atoms with Crippen molar-refractivity contribution in [3.8, 4) is 5.75 Å². The summed E-state index contributed by atoms with van der Waals surface area (Å²) in [6, 6.07) is 17.4. The van der Waals surface area contributed by atoms with E-state index in [4.69, 9.17) is 20.9 Å². The van der Waals surface area contributed by atoms with Crippen LogP contribution in [-0.2, 0) is 16.1 Å². The molecule has 0 bridgehead atoms. The average Bonchev–Trinajstić information content (AvgIpc) is 2.94. The van der Waals surface area contributed by atoms with Gasteiger partial charge in [0.25, 0.3) is 0 Å². The van der Waals surface area contributed by atoms with Crippen LogP contribution in [0.5, 0.6) is 5.75 Å². The minimum atomic E-state index is -0.552. The van der Waals surface area contributed by atoms with Gasteiger partial charge in [-0.1, -0.05) is 100 Å². The minimum absolute atomic E-state index is 0.0402. The molecule has 1 saturated carbocycles. The fourth-order valence-corrected chi connectivity index (χ4v) is 4.81. The summed E-state index contributed by atoms with van der Waals surface area (Å²) in [6.45, 7) is 2.40. The largest absolute Gasteiger partial charge is 0.489 e. The fraction of sp³-hybridized carbons (Fsp3) is 0.400. The van der Waals surface area contributed by atoms with Crippen molar-refractivity contribution in [1.29, 1.82) is 0 Å². The molecule has 0 spiro atoms. The third-order valence-corrected chi connectivity index (χ3v) is 6.64. The van der Waals surface area contributed by atoms with Crippen LogP contribution >= 0.6 is 12.6 Å². The molecule has 1 atom stereocenters. The van der Waals surface area contributed by atoms with Gasteiger partial charge in [-0.2, -0.15) is 0 Å². The van der Waals surface area contributed by atoms with Gasteiger partial charge < -0.3 is 20.9 Å². The Balaban J connectivity index is 0.000000555. The van der Waals surface area contributed by atoms with Crippen LogP contribution in [0.1, 0.15) is 75.3 Å². The van der Waals surface area contributed by atoms with Crippen molar-refractivity contribution in [2.24, 2.45) is 16.5 Å². The van der Waals surface area contributed by atoms with Gasteiger partial charge in [-0.3, -0.25) is 0 Å². The molecule has 1 aliphatic carbocycles. The first kappa shape index (κ1) is 28.4. The highest BCUT2D eigenvalue weighted by Gasteiger charge is 2.36. The van der Waals surface area contributed by atoms with E-state index in [2.05, 4.69) is 17.6 Å². The van der Waals surface area contributed by atoms with E-state index in [0.29, 0.717) is 35.6 Å². The lowest BCUT2D eigenvalue weighted by Crippen LogP contribution is -2.30. The molecule has 6 nitrogen and oxygen atoms in total. The molecule has 7 heteroatoms. The molecular formula is C30H39N3O3S. The van der Waals surface area contributed by atoms with Crippen LogP contribution in [0, 0.1) is 0 Å². The minimum Gasteiger partial charge on any atom is -0.489 e. The van der Waals surface area contributed by atoms with E-state index in [1.807, 2.05) is 61.5 Å². The topological polar surface area (TPSA) is 99.9 Å². The second-order valence-electron chi connectivity index (χ2n) is 9.16. The smallest absolute Gasteiger partial charge is 0.337 e. The number of nitrogens with two attached hydrogens (primary N) is 2. The summed E-state index contributed by atoms with van der Waals surface area (Å²) in [4.78, 5) is 17.4. The van der Waals surface area contributed by atoms with E-state index in [0.717, 1.165) is 17.5 Å². The van der Waals surface area contributed by atoms with E-state index in [-0.39, 0.29) is 11.8 Å². The van der Waals surface area contributed by atoms with Crippen LogP contribution in [-0.4, -0.2) is 17.7 Å². The Morgan fingerprint density at radius 2 is 1.65 bits per heavy atom. The quantitative estimate of drug-likeness (QED) is 0.212. The van der Waals surface area contributed by atoms with Crippen molar-refractivity contribution in [1.82, 2.24) is 0 Å². The first-order valence-electron chi connectivity index (χ1n) is 13.1. The van der Waals surface area contributed by atoms with Gasteiger partial charge in [0.05, 0.1) is 17.2 Å². The van der Waals surface area contributed by atoms with Gasteiger partial charge in [0.15, 0.2) is 0 Å². The maximum absolute atomic E-state index is 13.0. The van der Waals surface area contributed by atoms with Crippen LogP contribution in [0.3, 0.4) is 0 Å². The lowest BCUT2D eigenvalue weighted by molar-refractivity contribution is -0.137. The highest BCUT2D eigenvalue weighted by Crippen LogP contribution is 2.42. The normalized spacial score (nSPS) is 18.5. The number of para-hydroxylation sites is 1. The first-order chi connectivity index (χ1) is 18.1. The molecule has 0 amide bonds. The molecule has 37 heavy (non-hydrogen) atoms. The number of rotatable bonds is 8. The van der Waals surface area contributed by atoms with Crippen molar-refractivity contribution >= 4 is 24.4 Å². The van der Waals surface area contributed by atoms with Crippen LogP contribution in [0.2, 0.25) is 0 Å². The number of ether oxygens (including phenoxy) is 2. The molecule has 198 valence electrons. The molecule has 1 fully saturated rings. The number of hydrogen-bond acceptors (Lipinski definition) is 7. The summed E-state index contributed by atoms with van der Waals surface area (Å²) in [5.74, 6) is -0.157. The zero-order valence-electron chi connectivity index (χ0n) is 21.7. The zero-order valence-corrected chi connectivity index (χ0v) is 22.6. The second-order valence-corrected chi connectivity index (χ2v) is 9.41. The summed E-state index contributed by atoms with van der Waals surface area (Å²) >= 11 is 4.05. The summed E-state index contributed by atoms with van der Waals surface area (Å²) in [7, 11) is 0. The number of benzene rings is 2. The standard InChI is InChI=1S/C24H27N3O3S.C6H12/c1-2-8-19-22(24(28)30-15-31)21(18(13-25)23(26)27-19)17-11-6-7-12-20(17)29-14-16-9-4-3-5-10-16;1-2-4-6-5-3-1/h3-7,9-13,21,31H,2,8,14-15,25H2,1H3,(H2,26,27);1-6H2/b18-13-;. The summed E-state index contributed by atoms with van der Waals surface area (Å²) < 4.78 is 11.4. The zero-order chi connectivity index (χ0) is 26.5. The van der Waals surface area contributed by atoms with Crippen molar-refractivity contribution in [2.45, 2.75) is 70.8 Å². The van der Waals surface area contributed by atoms with E-state index < -0.39 is 11.9 Å². The van der Waals surface area contributed by atoms with E-state index in [1.165, 1.54) is 44.7 Å². The number of aliphatic imine (C=N–C) groups is 1. The van der Waals surface area contributed by atoms with E-state index in [9.17, 15) is 4.79 Å². The number of nitrogens with zero attached hydrogens (tertiary/aromatic N) is 1. The van der Waals surface area contributed by atoms with Crippen LogP contribution < -0.4 is 16.2 Å². The Bertz CT molecular complexity index is 1100. The lowest BCUT2D eigenvalue weighted by atomic mass is 9.80. The highest BCUT2D eigenvalue weighted by atomic mass is 32.1. The molecule has 2 aromatic rings. The molecule has 0 radical (unpaired) electrons. The van der Waals surface area contributed by atoms with Crippen molar-refractivity contribution in [2.75, 3.05) is 5.94 Å². The van der Waals surface area contributed by atoms with Gasteiger partial charge >= 0.3 is 5.97 Å². The summed E-state index contributed by atoms with van der Waals surface area (Å²) in [6.07, 6.45) is 11.8. The maximum Gasteiger partial charge on any atom is 0.337 e. The molecule has 4 rings (SSSR count). The maximum atomic E-state index is 13.0. The van der Waals surface area contributed by atoms with Gasteiger partial charge in [0.1, 0.15) is 24.1 Å². The number of carbonyl (C=O) groups excluding carboxylic acids is 1. The van der Waals surface area contributed by atoms with Gasteiger partial charge in [-0.25, -0.2) is 9.79 Å². The predicted molar refractivity (Wildman–Crippen MR) is 153 cm³/mol. The molecule has 2 aromatic carbocycles. The molecule has 0 aromatic heterocycles. The molecule has 1 aliphatic heterocycles. The Kier molecular flexibility index (Phi) is 11.6. The number of allylic oxidation sites excluding steroid dienone is 1. The van der Waals surface area contributed by atoms with Crippen LogP contribution in [0.15, 0.2) is 82.6 Å². The fourth-order valence-electron chi connectivity index (χ4n) is 4.69. The van der Waals surface area contributed by atoms with Crippen molar-refractivity contribution in [3.05, 3.63) is 88.8 Å². The summed E-state index contributed by atoms with van der Waals surface area (Å²) in [5.41, 5.74) is 15.5. The SMILES string of the molecule is C1CCCCC1.CCCC1=C(C(=O)OCS)C(c2ccccc2OCc2ccccc2)/C(=C/N)C(N)=N1. The molecule has 0 saturated heterocycles. The Morgan fingerprint density at radius 1 is 1.03 bits per heavy atom. The van der Waals surface area contributed by atoms with Crippen LogP contribution in [0.25, 0.3) is 0 Å². The Morgan fingerprint density at radius 3 is 2.24 bits per heavy atom.